The van der Waals surface area contributed by atoms with E-state index in [0.29, 0.717) is 24.0 Å². The highest BCUT2D eigenvalue weighted by molar-refractivity contribution is 7.89. The molecule has 174 valence electrons. The van der Waals surface area contributed by atoms with Crippen molar-refractivity contribution in [2.45, 2.75) is 49.1 Å². The van der Waals surface area contributed by atoms with Gasteiger partial charge < -0.3 is 4.90 Å². The van der Waals surface area contributed by atoms with E-state index in [9.17, 15) is 27.2 Å². The van der Waals surface area contributed by atoms with Crippen molar-refractivity contribution in [3.05, 3.63) is 47.0 Å². The summed E-state index contributed by atoms with van der Waals surface area (Å²) in [5.41, 5.74) is 1.57. The number of hydrogen-bond acceptors (Lipinski definition) is 6. The highest BCUT2D eigenvalue weighted by Crippen LogP contribution is 2.38. The molecule has 10 nitrogen and oxygen atoms in total. The summed E-state index contributed by atoms with van der Waals surface area (Å²) in [4.78, 5) is 38.3. The van der Waals surface area contributed by atoms with Gasteiger partial charge in [0.2, 0.25) is 21.8 Å². The maximum atomic E-state index is 14.5. The van der Waals surface area contributed by atoms with Crippen LogP contribution in [0.2, 0.25) is 0 Å². The third-order valence-electron chi connectivity index (χ3n) is 6.66. The number of benzene rings is 1. The van der Waals surface area contributed by atoms with Gasteiger partial charge in [0.1, 0.15) is 16.8 Å². The van der Waals surface area contributed by atoms with Crippen LogP contribution in [0.3, 0.4) is 0 Å². The minimum atomic E-state index is -3.66. The summed E-state index contributed by atoms with van der Waals surface area (Å²) in [5.74, 6) is -1.99. The average molecular weight is 476 g/mol. The predicted molar refractivity (Wildman–Crippen MR) is 112 cm³/mol. The number of nitrogens with zero attached hydrogens (tertiary/aromatic N) is 3. The molecule has 0 spiro atoms. The van der Waals surface area contributed by atoms with Crippen molar-refractivity contribution in [3.8, 4) is 0 Å². The Kier molecular flexibility index (Phi) is 5.28. The van der Waals surface area contributed by atoms with Crippen molar-refractivity contribution in [2.24, 2.45) is 0 Å². The molecular formula is C21H22FN5O5S. The molecule has 1 aromatic heterocycles. The Hall–Kier alpha value is -3.12. The lowest BCUT2D eigenvalue weighted by Gasteiger charge is -2.32. The van der Waals surface area contributed by atoms with Crippen LogP contribution in [-0.4, -0.2) is 64.7 Å². The molecule has 0 saturated carbocycles. The molecule has 33 heavy (non-hydrogen) atoms. The highest BCUT2D eigenvalue weighted by Gasteiger charge is 2.41. The van der Waals surface area contributed by atoms with Gasteiger partial charge in [-0.1, -0.05) is 0 Å². The summed E-state index contributed by atoms with van der Waals surface area (Å²) in [6.45, 7) is 0.673. The molecule has 2 fully saturated rings. The van der Waals surface area contributed by atoms with Gasteiger partial charge in [0.05, 0.1) is 6.20 Å². The fourth-order valence-electron chi connectivity index (χ4n) is 4.95. The van der Waals surface area contributed by atoms with Crippen molar-refractivity contribution in [3.63, 3.8) is 0 Å². The first-order valence-corrected chi connectivity index (χ1v) is 12.2. The molecule has 5 rings (SSSR count). The van der Waals surface area contributed by atoms with E-state index in [2.05, 4.69) is 15.5 Å². The maximum absolute atomic E-state index is 14.5. The fraction of sp³-hybridized carbons (Fsp3) is 0.429. The SMILES string of the molecule is O=C1CCC(N2Cc3c(cc(F)cc3C3CCN(S(=O)(=O)c4cn[nH]c4)CC3)C2=O)C(=O)N1. The van der Waals surface area contributed by atoms with Gasteiger partial charge in [-0.15, -0.1) is 0 Å². The van der Waals surface area contributed by atoms with Crippen molar-refractivity contribution in [2.75, 3.05) is 13.1 Å². The minimum Gasteiger partial charge on any atom is -0.322 e. The van der Waals surface area contributed by atoms with Crippen LogP contribution in [0.5, 0.6) is 0 Å². The summed E-state index contributed by atoms with van der Waals surface area (Å²) in [7, 11) is -3.66. The topological polar surface area (TPSA) is 133 Å². The number of aromatic nitrogens is 2. The minimum absolute atomic E-state index is 0.0954. The van der Waals surface area contributed by atoms with Crippen molar-refractivity contribution >= 4 is 27.7 Å². The highest BCUT2D eigenvalue weighted by atomic mass is 32.2. The van der Waals surface area contributed by atoms with Gasteiger partial charge in [0.25, 0.3) is 5.91 Å². The molecule has 0 aliphatic carbocycles. The number of rotatable bonds is 4. The van der Waals surface area contributed by atoms with Crippen molar-refractivity contribution < 1.29 is 27.2 Å². The molecule has 4 heterocycles. The summed E-state index contributed by atoms with van der Waals surface area (Å²) in [6.07, 6.45) is 3.90. The number of carbonyl (C=O) groups is 3. The van der Waals surface area contributed by atoms with Crippen molar-refractivity contribution in [1.82, 2.24) is 24.7 Å². The molecule has 0 bridgehead atoms. The van der Waals surface area contributed by atoms with Gasteiger partial charge in [-0.25, -0.2) is 12.8 Å². The zero-order valence-electron chi connectivity index (χ0n) is 17.6. The number of aromatic amines is 1. The van der Waals surface area contributed by atoms with Crippen LogP contribution in [0, 0.1) is 5.82 Å². The number of imide groups is 1. The Labute approximate surface area is 189 Å². The van der Waals surface area contributed by atoms with Crippen LogP contribution in [-0.2, 0) is 26.2 Å². The number of piperidine rings is 2. The second-order valence-electron chi connectivity index (χ2n) is 8.53. The molecule has 1 atom stereocenters. The van der Waals surface area contributed by atoms with E-state index in [-0.39, 0.29) is 54.8 Å². The fourth-order valence-corrected chi connectivity index (χ4v) is 6.33. The van der Waals surface area contributed by atoms with Crippen LogP contribution in [0.15, 0.2) is 29.4 Å². The maximum Gasteiger partial charge on any atom is 0.255 e. The number of H-pyrrole nitrogens is 1. The van der Waals surface area contributed by atoms with Gasteiger partial charge in [0.15, 0.2) is 0 Å². The van der Waals surface area contributed by atoms with Gasteiger partial charge in [-0.3, -0.25) is 24.8 Å². The predicted octanol–water partition coefficient (Wildman–Crippen LogP) is 0.878. The molecule has 3 aliphatic heterocycles. The van der Waals surface area contributed by atoms with Crippen LogP contribution in [0.25, 0.3) is 0 Å². The number of nitrogens with one attached hydrogen (secondary N) is 2. The van der Waals surface area contributed by atoms with Crippen LogP contribution >= 0.6 is 0 Å². The molecular weight excluding hydrogens is 453 g/mol. The summed E-state index contributed by atoms with van der Waals surface area (Å²) in [6, 6.07) is 1.82. The smallest absolute Gasteiger partial charge is 0.255 e. The molecule has 2 saturated heterocycles. The van der Waals surface area contributed by atoms with Gasteiger partial charge in [0, 0.05) is 37.8 Å². The lowest BCUT2D eigenvalue weighted by Crippen LogP contribution is -2.52. The van der Waals surface area contributed by atoms with Gasteiger partial charge in [-0.05, 0) is 48.4 Å². The average Bonchev–Trinajstić information content (AvgIpc) is 3.43. The zero-order valence-corrected chi connectivity index (χ0v) is 18.4. The quantitative estimate of drug-likeness (QED) is 0.631. The second kappa shape index (κ2) is 8.03. The summed E-state index contributed by atoms with van der Waals surface area (Å²) in [5, 5.41) is 8.46. The van der Waals surface area contributed by atoms with E-state index in [1.165, 1.54) is 33.7 Å². The molecule has 1 unspecified atom stereocenters. The van der Waals surface area contributed by atoms with Gasteiger partial charge >= 0.3 is 0 Å². The molecule has 0 radical (unpaired) electrons. The van der Waals surface area contributed by atoms with Crippen molar-refractivity contribution in [1.29, 1.82) is 0 Å². The summed E-state index contributed by atoms with van der Waals surface area (Å²) < 4.78 is 41.4. The molecule has 3 amide bonds. The number of fused-ring (bicyclic) bond motifs is 1. The molecule has 1 aromatic carbocycles. The molecule has 2 aromatic rings. The second-order valence-corrected chi connectivity index (χ2v) is 10.5. The molecule has 2 N–H and O–H groups in total. The lowest BCUT2D eigenvalue weighted by molar-refractivity contribution is -0.136. The van der Waals surface area contributed by atoms with Crippen LogP contribution in [0.1, 0.15) is 53.1 Å². The Bertz CT molecular complexity index is 1240. The summed E-state index contributed by atoms with van der Waals surface area (Å²) >= 11 is 0. The monoisotopic (exact) mass is 475 g/mol. The number of hydrogen-bond donors (Lipinski definition) is 2. The van der Waals surface area contributed by atoms with E-state index < -0.39 is 33.7 Å². The number of halogens is 1. The number of sulfonamides is 1. The third-order valence-corrected chi connectivity index (χ3v) is 8.52. The Morgan fingerprint density at radius 3 is 2.52 bits per heavy atom. The number of carbonyl (C=O) groups excluding carboxylic acids is 3. The normalized spacial score (nSPS) is 22.5. The molecule has 3 aliphatic rings. The Morgan fingerprint density at radius 1 is 1.09 bits per heavy atom. The van der Waals surface area contributed by atoms with E-state index in [4.69, 9.17) is 0 Å². The largest absolute Gasteiger partial charge is 0.322 e. The third kappa shape index (κ3) is 3.72. The first-order valence-electron chi connectivity index (χ1n) is 10.7. The Balaban J connectivity index is 1.37. The van der Waals surface area contributed by atoms with Crippen LogP contribution < -0.4 is 5.32 Å². The van der Waals surface area contributed by atoms with E-state index in [0.717, 1.165) is 0 Å². The Morgan fingerprint density at radius 2 is 1.85 bits per heavy atom. The zero-order chi connectivity index (χ0) is 23.3. The van der Waals surface area contributed by atoms with Crippen LogP contribution in [0.4, 0.5) is 4.39 Å². The standard InChI is InChI=1S/C21H22FN5O5S/c22-13-7-15(12-3-5-26(6-4-12)33(31,32)14-9-23-24-10-14)17-11-27(21(30)16(17)8-13)18-1-2-19(28)25-20(18)29/h7-10,12,18H,1-6,11H2,(H,23,24)(H,25,28,29). The van der Waals surface area contributed by atoms with E-state index in [1.807, 2.05) is 0 Å². The number of amides is 3. The van der Waals surface area contributed by atoms with E-state index in [1.54, 1.807) is 0 Å². The lowest BCUT2D eigenvalue weighted by atomic mass is 9.86. The first kappa shape index (κ1) is 21.7. The van der Waals surface area contributed by atoms with E-state index >= 15 is 0 Å². The first-order chi connectivity index (χ1) is 15.8. The van der Waals surface area contributed by atoms with Gasteiger partial charge in [-0.2, -0.15) is 9.40 Å². The molecule has 12 heteroatoms.